The van der Waals surface area contributed by atoms with E-state index < -0.39 is 0 Å². The fourth-order valence-electron chi connectivity index (χ4n) is 1.61. The number of aliphatic hydroxyl groups is 2. The molecule has 7 heteroatoms. The van der Waals surface area contributed by atoms with E-state index in [2.05, 4.69) is 56.9 Å². The van der Waals surface area contributed by atoms with Crippen molar-refractivity contribution < 1.29 is 10.2 Å². The molecule has 0 aliphatic rings. The molecule has 0 spiro atoms. The van der Waals surface area contributed by atoms with Crippen LogP contribution in [0.15, 0.2) is 0 Å². The molecular formula is C18H45ClN4O2. The second kappa shape index (κ2) is 22.1. The number of rotatable bonds is 11. The van der Waals surface area contributed by atoms with E-state index in [1.807, 2.05) is 19.0 Å². The molecule has 0 amide bonds. The van der Waals surface area contributed by atoms with E-state index in [1.54, 1.807) is 0 Å². The Kier molecular flexibility index (Phi) is 26.3. The minimum atomic E-state index is 0.234. The average molecular weight is 385 g/mol. The number of nitrogens with one attached hydrogen (secondary N) is 1. The lowest BCUT2D eigenvalue weighted by molar-refractivity contribution is 0.155. The second-order valence-corrected chi connectivity index (χ2v) is 7.36. The van der Waals surface area contributed by atoms with Crippen LogP contribution in [0, 0.1) is 0 Å². The Morgan fingerprint density at radius 1 is 0.800 bits per heavy atom. The van der Waals surface area contributed by atoms with Crippen molar-refractivity contribution in [3.05, 3.63) is 0 Å². The van der Waals surface area contributed by atoms with Crippen LogP contribution in [0.3, 0.4) is 0 Å². The van der Waals surface area contributed by atoms with E-state index in [9.17, 15) is 0 Å². The zero-order chi connectivity index (χ0) is 20.3. The summed E-state index contributed by atoms with van der Waals surface area (Å²) in [7, 11) is 8.14. The van der Waals surface area contributed by atoms with Gasteiger partial charge in [-0.15, -0.1) is 11.6 Å². The van der Waals surface area contributed by atoms with E-state index in [0.29, 0.717) is 18.6 Å². The van der Waals surface area contributed by atoms with Crippen molar-refractivity contribution in [3.8, 4) is 0 Å². The Morgan fingerprint density at radius 3 is 1.52 bits per heavy atom. The van der Waals surface area contributed by atoms with Gasteiger partial charge in [0.1, 0.15) is 0 Å². The standard InChI is InChI=1S/C9H22N2O.C5H13NO.C4H10ClN/c1-9(2)11(7-8-12)6-5-10(3)4;1-5(2)6-3-4-7;1-6(2)4-3-5/h9,12H,5-8H2,1-4H3;5-7H,3-4H2,1-2H3;3-4H2,1-2H3. The van der Waals surface area contributed by atoms with E-state index in [-0.39, 0.29) is 13.2 Å². The highest BCUT2D eigenvalue weighted by molar-refractivity contribution is 6.18. The summed E-state index contributed by atoms with van der Waals surface area (Å²) >= 11 is 5.35. The number of likely N-dealkylation sites (N-methyl/N-ethyl adjacent to an activating group) is 1. The molecule has 0 radical (unpaired) electrons. The van der Waals surface area contributed by atoms with Crippen molar-refractivity contribution in [2.24, 2.45) is 0 Å². The average Bonchev–Trinajstić information content (AvgIpc) is 2.50. The zero-order valence-corrected chi connectivity index (χ0v) is 18.7. The minimum Gasteiger partial charge on any atom is -0.395 e. The van der Waals surface area contributed by atoms with Gasteiger partial charge in [0.2, 0.25) is 0 Å². The first-order valence-electron chi connectivity index (χ1n) is 9.16. The molecule has 0 rings (SSSR count). The van der Waals surface area contributed by atoms with Gasteiger partial charge in [0, 0.05) is 50.7 Å². The van der Waals surface area contributed by atoms with Gasteiger partial charge in [-0.05, 0) is 42.0 Å². The van der Waals surface area contributed by atoms with Gasteiger partial charge in [-0.1, -0.05) is 13.8 Å². The maximum Gasteiger partial charge on any atom is 0.0558 e. The molecule has 0 unspecified atom stereocenters. The van der Waals surface area contributed by atoms with Gasteiger partial charge in [0.05, 0.1) is 13.2 Å². The molecule has 0 aromatic heterocycles. The van der Waals surface area contributed by atoms with Crippen molar-refractivity contribution >= 4 is 11.6 Å². The Labute approximate surface area is 162 Å². The first-order chi connectivity index (χ1) is 11.6. The molecule has 156 valence electrons. The molecule has 0 aromatic carbocycles. The predicted molar refractivity (Wildman–Crippen MR) is 112 cm³/mol. The summed E-state index contributed by atoms with van der Waals surface area (Å²) in [6, 6.07) is 1.02. The molecule has 0 aliphatic heterocycles. The van der Waals surface area contributed by atoms with Gasteiger partial charge in [0.15, 0.2) is 0 Å². The van der Waals surface area contributed by atoms with Gasteiger partial charge in [-0.25, -0.2) is 0 Å². The van der Waals surface area contributed by atoms with Crippen molar-refractivity contribution in [2.45, 2.75) is 39.8 Å². The molecule has 0 heterocycles. The summed E-state index contributed by atoms with van der Waals surface area (Å²) in [5.74, 6) is 0.729. The maximum absolute atomic E-state index is 8.80. The van der Waals surface area contributed by atoms with E-state index in [0.717, 1.165) is 32.1 Å². The number of aliphatic hydroxyl groups excluding tert-OH is 2. The molecule has 0 aliphatic carbocycles. The SMILES string of the molecule is CC(C)N(CCO)CCN(C)C.CC(C)NCCO.CN(C)CCCl. The van der Waals surface area contributed by atoms with E-state index >= 15 is 0 Å². The van der Waals surface area contributed by atoms with E-state index in [4.69, 9.17) is 21.8 Å². The molecule has 3 N–H and O–H groups in total. The molecule has 25 heavy (non-hydrogen) atoms. The number of hydrogen-bond acceptors (Lipinski definition) is 6. The summed E-state index contributed by atoms with van der Waals surface area (Å²) in [4.78, 5) is 6.49. The van der Waals surface area contributed by atoms with Gasteiger partial charge in [0.25, 0.3) is 0 Å². The molecule has 6 nitrogen and oxygen atoms in total. The van der Waals surface area contributed by atoms with Gasteiger partial charge >= 0.3 is 0 Å². The Bertz CT molecular complexity index is 243. The summed E-state index contributed by atoms with van der Waals surface area (Å²) in [6.07, 6.45) is 0. The zero-order valence-electron chi connectivity index (χ0n) is 17.9. The highest BCUT2D eigenvalue weighted by Gasteiger charge is 2.07. The number of hydrogen-bond donors (Lipinski definition) is 3. The summed E-state index contributed by atoms with van der Waals surface area (Å²) in [5, 5.41) is 20.1. The summed E-state index contributed by atoms with van der Waals surface area (Å²) in [5.41, 5.74) is 0. The first kappa shape index (κ1) is 29.8. The molecule has 0 saturated carbocycles. The Hall–Kier alpha value is 0.0500. The predicted octanol–water partition coefficient (Wildman–Crippen LogP) is 1.01. The van der Waals surface area contributed by atoms with Crippen LogP contribution in [0.25, 0.3) is 0 Å². The Morgan fingerprint density at radius 2 is 1.32 bits per heavy atom. The number of alkyl halides is 1. The number of halogens is 1. The fraction of sp³-hybridized carbons (Fsp3) is 1.00. The largest absolute Gasteiger partial charge is 0.395 e. The highest BCUT2D eigenvalue weighted by atomic mass is 35.5. The van der Waals surface area contributed by atoms with Crippen molar-refractivity contribution in [3.63, 3.8) is 0 Å². The summed E-state index contributed by atoms with van der Waals surface area (Å²) in [6.45, 7) is 13.5. The second-order valence-electron chi connectivity index (χ2n) is 6.98. The van der Waals surface area contributed by atoms with Crippen LogP contribution >= 0.6 is 11.6 Å². The van der Waals surface area contributed by atoms with Crippen LogP contribution in [0.1, 0.15) is 27.7 Å². The van der Waals surface area contributed by atoms with Crippen LogP contribution in [-0.4, -0.2) is 117 Å². The topological polar surface area (TPSA) is 62.2 Å². The normalized spacial score (nSPS) is 11.0. The van der Waals surface area contributed by atoms with E-state index in [1.165, 1.54) is 0 Å². The maximum atomic E-state index is 8.80. The fourth-order valence-corrected chi connectivity index (χ4v) is 1.95. The van der Waals surface area contributed by atoms with Crippen molar-refractivity contribution in [1.29, 1.82) is 0 Å². The van der Waals surface area contributed by atoms with Gasteiger partial charge < -0.3 is 25.3 Å². The third-order valence-corrected chi connectivity index (χ3v) is 3.32. The van der Waals surface area contributed by atoms with Crippen LogP contribution in [0.4, 0.5) is 0 Å². The minimum absolute atomic E-state index is 0.234. The first-order valence-corrected chi connectivity index (χ1v) is 9.70. The molecule has 0 fully saturated rings. The molecule has 0 saturated heterocycles. The van der Waals surface area contributed by atoms with Gasteiger partial charge in [-0.3, -0.25) is 4.90 Å². The highest BCUT2D eigenvalue weighted by Crippen LogP contribution is 1.96. The van der Waals surface area contributed by atoms with Crippen LogP contribution in [0.5, 0.6) is 0 Å². The third-order valence-electron chi connectivity index (χ3n) is 3.15. The lowest BCUT2D eigenvalue weighted by Gasteiger charge is -2.26. The third kappa shape index (κ3) is 32.2. The van der Waals surface area contributed by atoms with Crippen molar-refractivity contribution in [2.75, 3.05) is 80.0 Å². The van der Waals surface area contributed by atoms with Crippen LogP contribution < -0.4 is 5.32 Å². The number of nitrogens with zero attached hydrogens (tertiary/aromatic N) is 3. The molecule has 0 bridgehead atoms. The van der Waals surface area contributed by atoms with Crippen LogP contribution in [0.2, 0.25) is 0 Å². The lowest BCUT2D eigenvalue weighted by Crippen LogP contribution is -2.38. The van der Waals surface area contributed by atoms with Crippen LogP contribution in [-0.2, 0) is 0 Å². The molecule has 0 aromatic rings. The molecular weight excluding hydrogens is 340 g/mol. The lowest BCUT2D eigenvalue weighted by atomic mass is 10.3. The quantitative estimate of drug-likeness (QED) is 0.462. The monoisotopic (exact) mass is 384 g/mol. The van der Waals surface area contributed by atoms with Crippen molar-refractivity contribution in [1.82, 2.24) is 20.0 Å². The smallest absolute Gasteiger partial charge is 0.0558 e. The Balaban J connectivity index is -0.000000317. The van der Waals surface area contributed by atoms with Gasteiger partial charge in [-0.2, -0.15) is 0 Å². The molecule has 0 atom stereocenters. The summed E-state index contributed by atoms with van der Waals surface area (Å²) < 4.78 is 0.